The molecule has 1 heterocycles. The Morgan fingerprint density at radius 2 is 1.76 bits per heavy atom. The number of nitrogens with zero attached hydrogens (tertiary/aromatic N) is 2. The number of hydrogen-bond acceptors (Lipinski definition) is 3. The summed E-state index contributed by atoms with van der Waals surface area (Å²) in [6.07, 6.45) is 1.96. The van der Waals surface area contributed by atoms with Gasteiger partial charge < -0.3 is 14.5 Å². The molecule has 0 spiro atoms. The van der Waals surface area contributed by atoms with E-state index in [9.17, 15) is 4.79 Å². The van der Waals surface area contributed by atoms with Crippen molar-refractivity contribution < 1.29 is 9.53 Å². The van der Waals surface area contributed by atoms with Gasteiger partial charge in [-0.3, -0.25) is 4.79 Å². The third-order valence-corrected chi connectivity index (χ3v) is 5.46. The van der Waals surface area contributed by atoms with Gasteiger partial charge in [-0.1, -0.05) is 12.1 Å². The van der Waals surface area contributed by atoms with Crippen molar-refractivity contribution in [1.82, 2.24) is 4.90 Å². The molecule has 5 heteroatoms. The van der Waals surface area contributed by atoms with Crippen molar-refractivity contribution in [1.29, 1.82) is 0 Å². The summed E-state index contributed by atoms with van der Waals surface area (Å²) in [6, 6.07) is 16.6. The van der Waals surface area contributed by atoms with E-state index >= 15 is 0 Å². The van der Waals surface area contributed by atoms with Crippen LogP contribution in [0.5, 0.6) is 11.5 Å². The van der Waals surface area contributed by atoms with Crippen molar-refractivity contribution in [3.05, 3.63) is 52.1 Å². The average Bonchev–Trinajstić information content (AvgIpc) is 2.63. The molecule has 0 N–H and O–H groups in total. The topological polar surface area (TPSA) is 32.8 Å². The van der Waals surface area contributed by atoms with Crippen molar-refractivity contribution >= 4 is 34.2 Å². The summed E-state index contributed by atoms with van der Waals surface area (Å²) in [4.78, 5) is 15.7. The number of halogens is 1. The van der Waals surface area contributed by atoms with E-state index in [4.69, 9.17) is 4.74 Å². The molecule has 2 aromatic carbocycles. The van der Waals surface area contributed by atoms with Crippen LogP contribution in [0.2, 0.25) is 0 Å². The van der Waals surface area contributed by atoms with Gasteiger partial charge in [-0.15, -0.1) is 0 Å². The molecule has 1 fully saturated rings. The normalized spacial score (nSPS) is 15.1. The highest BCUT2D eigenvalue weighted by Gasteiger charge is 2.25. The van der Waals surface area contributed by atoms with Crippen LogP contribution in [0.1, 0.15) is 19.8 Å². The minimum atomic E-state index is 0.170. The number of ether oxygens (including phenoxy) is 1. The maximum atomic E-state index is 11.5. The molecule has 0 aliphatic carbocycles. The van der Waals surface area contributed by atoms with Gasteiger partial charge in [-0.25, -0.2) is 0 Å². The van der Waals surface area contributed by atoms with Crippen LogP contribution in [-0.4, -0.2) is 37.0 Å². The zero-order valence-corrected chi connectivity index (χ0v) is 16.8. The van der Waals surface area contributed by atoms with Crippen molar-refractivity contribution in [2.45, 2.75) is 25.8 Å². The summed E-state index contributed by atoms with van der Waals surface area (Å²) in [5, 5.41) is 0. The maximum absolute atomic E-state index is 11.5. The first-order chi connectivity index (χ1) is 12.0. The number of piperidine rings is 1. The van der Waals surface area contributed by atoms with Crippen LogP contribution in [0.15, 0.2) is 48.5 Å². The molecule has 0 bridgehead atoms. The quantitative estimate of drug-likeness (QED) is 0.642. The number of likely N-dealkylation sites (tertiary alicyclic amines) is 1. The Morgan fingerprint density at radius 3 is 2.40 bits per heavy atom. The van der Waals surface area contributed by atoms with Gasteiger partial charge in [0.15, 0.2) is 5.75 Å². The highest BCUT2D eigenvalue weighted by atomic mass is 127. The van der Waals surface area contributed by atoms with Crippen LogP contribution >= 0.6 is 22.6 Å². The number of carbonyl (C=O) groups is 1. The number of anilines is 1. The van der Waals surface area contributed by atoms with E-state index in [1.54, 1.807) is 6.92 Å². The number of benzene rings is 2. The Bertz CT molecular complexity index is 725. The third-order valence-electron chi connectivity index (χ3n) is 4.74. The van der Waals surface area contributed by atoms with Gasteiger partial charge >= 0.3 is 0 Å². The van der Waals surface area contributed by atoms with Crippen molar-refractivity contribution in [2.24, 2.45) is 0 Å². The van der Waals surface area contributed by atoms with E-state index in [0.717, 1.165) is 43.1 Å². The summed E-state index contributed by atoms with van der Waals surface area (Å²) in [5.74, 6) is 1.87. The predicted molar refractivity (Wildman–Crippen MR) is 109 cm³/mol. The lowest BCUT2D eigenvalue weighted by molar-refractivity contribution is -0.129. The second-order valence-electron chi connectivity index (χ2n) is 6.37. The smallest absolute Gasteiger partial charge is 0.219 e. The van der Waals surface area contributed by atoms with E-state index in [1.807, 2.05) is 47.4 Å². The lowest BCUT2D eigenvalue weighted by Gasteiger charge is -2.38. The molecule has 3 rings (SSSR count). The Morgan fingerprint density at radius 1 is 1.12 bits per heavy atom. The number of amides is 1. The fraction of sp³-hybridized carbons (Fsp3) is 0.350. The molecule has 0 radical (unpaired) electrons. The summed E-state index contributed by atoms with van der Waals surface area (Å²) < 4.78 is 7.31. The maximum Gasteiger partial charge on any atom is 0.219 e. The first kappa shape index (κ1) is 18.0. The fourth-order valence-electron chi connectivity index (χ4n) is 3.23. The largest absolute Gasteiger partial charge is 0.455 e. The summed E-state index contributed by atoms with van der Waals surface area (Å²) in [5.41, 5.74) is 1.09. The van der Waals surface area contributed by atoms with Gasteiger partial charge in [0.1, 0.15) is 5.75 Å². The first-order valence-electron chi connectivity index (χ1n) is 8.55. The van der Waals surface area contributed by atoms with Gasteiger partial charge in [0.25, 0.3) is 0 Å². The third kappa shape index (κ3) is 4.45. The molecule has 1 aliphatic rings. The van der Waals surface area contributed by atoms with Crippen molar-refractivity contribution in [3.63, 3.8) is 0 Å². The SMILES string of the molecule is CC(=O)N1CCC(N(C)c2ccccc2Oc2ccc(I)cc2)CC1. The molecule has 4 nitrogen and oxygen atoms in total. The van der Waals surface area contributed by atoms with E-state index in [0.29, 0.717) is 6.04 Å². The zero-order valence-electron chi connectivity index (χ0n) is 14.6. The molecular weight excluding hydrogens is 427 g/mol. The summed E-state index contributed by atoms with van der Waals surface area (Å²) in [6.45, 7) is 3.29. The highest BCUT2D eigenvalue weighted by molar-refractivity contribution is 14.1. The van der Waals surface area contributed by atoms with E-state index in [-0.39, 0.29) is 5.91 Å². The monoisotopic (exact) mass is 450 g/mol. The van der Waals surface area contributed by atoms with Crippen LogP contribution in [0.4, 0.5) is 5.69 Å². The van der Waals surface area contributed by atoms with Crippen LogP contribution in [0, 0.1) is 3.57 Å². The number of hydrogen-bond donors (Lipinski definition) is 0. The molecule has 25 heavy (non-hydrogen) atoms. The minimum Gasteiger partial charge on any atom is -0.455 e. The summed E-state index contributed by atoms with van der Waals surface area (Å²) >= 11 is 2.29. The number of para-hydroxylation sites is 2. The van der Waals surface area contributed by atoms with Gasteiger partial charge in [-0.05, 0) is 71.8 Å². The highest BCUT2D eigenvalue weighted by Crippen LogP contribution is 2.34. The van der Waals surface area contributed by atoms with Crippen molar-refractivity contribution in [2.75, 3.05) is 25.0 Å². The van der Waals surface area contributed by atoms with Crippen molar-refractivity contribution in [3.8, 4) is 11.5 Å². The molecule has 1 amide bonds. The Labute approximate surface area is 162 Å². The Balaban J connectivity index is 1.74. The molecule has 1 aliphatic heterocycles. The molecule has 0 aromatic heterocycles. The van der Waals surface area contributed by atoms with Gasteiger partial charge in [0.2, 0.25) is 5.91 Å². The predicted octanol–water partition coefficient (Wildman–Crippen LogP) is 4.53. The second kappa shape index (κ2) is 8.08. The van der Waals surface area contributed by atoms with Crippen LogP contribution in [0.25, 0.3) is 0 Å². The standard InChI is InChI=1S/C20H23IN2O2/c1-15(24)23-13-11-17(12-14-23)22(2)19-5-3-4-6-20(19)25-18-9-7-16(21)8-10-18/h3-10,17H,11-14H2,1-2H3. The molecule has 1 saturated heterocycles. The first-order valence-corrected chi connectivity index (χ1v) is 9.63. The Kier molecular flexibility index (Phi) is 5.83. The number of rotatable bonds is 4. The minimum absolute atomic E-state index is 0.170. The van der Waals surface area contributed by atoms with Crippen LogP contribution in [-0.2, 0) is 4.79 Å². The second-order valence-corrected chi connectivity index (χ2v) is 7.62. The summed E-state index contributed by atoms with van der Waals surface area (Å²) in [7, 11) is 2.12. The molecule has 0 atom stereocenters. The van der Waals surface area contributed by atoms with E-state index in [1.165, 1.54) is 3.57 Å². The molecular formula is C20H23IN2O2. The molecule has 2 aromatic rings. The lowest BCUT2D eigenvalue weighted by Crippen LogP contribution is -2.45. The lowest BCUT2D eigenvalue weighted by atomic mass is 10.0. The van der Waals surface area contributed by atoms with Gasteiger partial charge in [-0.2, -0.15) is 0 Å². The van der Waals surface area contributed by atoms with Crippen LogP contribution in [0.3, 0.4) is 0 Å². The zero-order chi connectivity index (χ0) is 17.8. The fourth-order valence-corrected chi connectivity index (χ4v) is 3.59. The number of carbonyl (C=O) groups excluding carboxylic acids is 1. The molecule has 0 unspecified atom stereocenters. The van der Waals surface area contributed by atoms with E-state index < -0.39 is 0 Å². The molecule has 132 valence electrons. The average molecular weight is 450 g/mol. The van der Waals surface area contributed by atoms with E-state index in [2.05, 4.69) is 40.6 Å². The van der Waals surface area contributed by atoms with Crippen LogP contribution < -0.4 is 9.64 Å². The van der Waals surface area contributed by atoms with Gasteiger partial charge in [0, 0.05) is 36.7 Å². The van der Waals surface area contributed by atoms with Gasteiger partial charge in [0.05, 0.1) is 5.69 Å². The molecule has 0 saturated carbocycles. The Hall–Kier alpha value is -1.76.